The largest absolute Gasteiger partial charge is 0.493 e. The van der Waals surface area contributed by atoms with Crippen molar-refractivity contribution in [3.05, 3.63) is 45.4 Å². The van der Waals surface area contributed by atoms with E-state index in [9.17, 15) is 0 Å². The molecule has 2 rings (SSSR count). The van der Waals surface area contributed by atoms with Crippen LogP contribution in [0.15, 0.2) is 24.3 Å². The maximum Gasteiger partial charge on any atom is 0.122 e. The Balaban J connectivity index is 1.97. The van der Waals surface area contributed by atoms with Gasteiger partial charge in [0.15, 0.2) is 0 Å². The summed E-state index contributed by atoms with van der Waals surface area (Å²) in [5.41, 5.74) is 8.37. The number of thiazole rings is 1. The lowest BCUT2D eigenvalue weighted by Gasteiger charge is -2.07. The summed E-state index contributed by atoms with van der Waals surface area (Å²) in [5, 5.41) is 1.12. The zero-order chi connectivity index (χ0) is 15.2. The summed E-state index contributed by atoms with van der Waals surface area (Å²) in [6.07, 6.45) is 2.94. The molecular weight excluding hydrogens is 280 g/mol. The molecule has 0 aliphatic heterocycles. The molecule has 21 heavy (non-hydrogen) atoms. The Morgan fingerprint density at radius 1 is 1.29 bits per heavy atom. The maximum atomic E-state index is 6.04. The average Bonchev–Trinajstić information content (AvgIpc) is 2.85. The first-order valence-corrected chi connectivity index (χ1v) is 8.36. The monoisotopic (exact) mass is 304 g/mol. The molecule has 1 aromatic carbocycles. The first-order valence-electron chi connectivity index (χ1n) is 7.54. The van der Waals surface area contributed by atoms with Crippen LogP contribution < -0.4 is 10.5 Å². The Morgan fingerprint density at radius 2 is 2.05 bits per heavy atom. The number of hydrogen-bond acceptors (Lipinski definition) is 4. The predicted molar refractivity (Wildman–Crippen MR) is 89.1 cm³/mol. The lowest BCUT2D eigenvalue weighted by atomic mass is 10.2. The average molecular weight is 304 g/mol. The number of para-hydroxylation sites is 1. The second-order valence-corrected chi connectivity index (χ2v) is 6.44. The molecule has 0 amide bonds. The molecule has 1 heterocycles. The van der Waals surface area contributed by atoms with E-state index in [4.69, 9.17) is 15.5 Å². The predicted octanol–water partition coefficient (Wildman–Crippen LogP) is 4.05. The summed E-state index contributed by atoms with van der Waals surface area (Å²) in [6.45, 7) is 6.92. The van der Waals surface area contributed by atoms with Crippen LogP contribution in [0.5, 0.6) is 5.75 Å². The van der Waals surface area contributed by atoms with Crippen molar-refractivity contribution >= 4 is 11.3 Å². The van der Waals surface area contributed by atoms with Crippen molar-refractivity contribution in [2.24, 2.45) is 5.73 Å². The zero-order valence-corrected chi connectivity index (χ0v) is 13.9. The standard InChI is InChI=1S/C17H24N2OS/c1-4-7-14-17(13(3)18)21-16(19-14)10-11-20-15-9-6-5-8-12(15)2/h5-6,8-9,13H,4,7,10-11,18H2,1-3H3. The SMILES string of the molecule is CCCc1nc(CCOc2ccccc2C)sc1C(C)N. The van der Waals surface area contributed by atoms with Crippen LogP contribution in [0, 0.1) is 6.92 Å². The third-order valence-corrected chi connectivity index (χ3v) is 4.70. The second kappa shape index (κ2) is 7.57. The van der Waals surface area contributed by atoms with Gasteiger partial charge in [-0.15, -0.1) is 11.3 Å². The number of nitrogens with two attached hydrogens (primary N) is 1. The molecule has 2 aromatic rings. The Bertz CT molecular complexity index is 578. The van der Waals surface area contributed by atoms with E-state index in [1.54, 1.807) is 11.3 Å². The molecule has 4 heteroatoms. The molecule has 1 atom stereocenters. The van der Waals surface area contributed by atoms with Gasteiger partial charge in [0.1, 0.15) is 5.75 Å². The molecule has 1 unspecified atom stereocenters. The lowest BCUT2D eigenvalue weighted by Crippen LogP contribution is -2.05. The lowest BCUT2D eigenvalue weighted by molar-refractivity contribution is 0.319. The summed E-state index contributed by atoms with van der Waals surface area (Å²) >= 11 is 1.73. The van der Waals surface area contributed by atoms with Crippen LogP contribution in [0.2, 0.25) is 0 Å². The van der Waals surface area contributed by atoms with Crippen LogP contribution in [-0.4, -0.2) is 11.6 Å². The van der Waals surface area contributed by atoms with Crippen molar-refractivity contribution in [3.63, 3.8) is 0 Å². The molecule has 0 saturated heterocycles. The van der Waals surface area contributed by atoms with Gasteiger partial charge in [0, 0.05) is 17.3 Å². The molecule has 2 N–H and O–H groups in total. The molecule has 0 saturated carbocycles. The summed E-state index contributed by atoms with van der Waals surface area (Å²) < 4.78 is 5.85. The minimum atomic E-state index is 0.0649. The molecule has 0 aliphatic carbocycles. The number of benzene rings is 1. The highest BCUT2D eigenvalue weighted by molar-refractivity contribution is 7.11. The van der Waals surface area contributed by atoms with Crippen molar-refractivity contribution in [2.45, 2.75) is 46.1 Å². The van der Waals surface area contributed by atoms with Gasteiger partial charge < -0.3 is 10.5 Å². The van der Waals surface area contributed by atoms with E-state index >= 15 is 0 Å². The van der Waals surface area contributed by atoms with Gasteiger partial charge in [-0.1, -0.05) is 31.5 Å². The van der Waals surface area contributed by atoms with Crippen LogP contribution >= 0.6 is 11.3 Å². The summed E-state index contributed by atoms with van der Waals surface area (Å²) in [7, 11) is 0. The Hall–Kier alpha value is -1.39. The number of rotatable bonds is 7. The molecular formula is C17H24N2OS. The van der Waals surface area contributed by atoms with Gasteiger partial charge in [0.2, 0.25) is 0 Å². The topological polar surface area (TPSA) is 48.1 Å². The Labute approximate surface area is 131 Å². The second-order valence-electron chi connectivity index (χ2n) is 5.32. The third-order valence-electron chi connectivity index (χ3n) is 3.34. The first-order chi connectivity index (χ1) is 10.1. The van der Waals surface area contributed by atoms with Gasteiger partial charge >= 0.3 is 0 Å². The summed E-state index contributed by atoms with van der Waals surface area (Å²) in [5.74, 6) is 0.954. The van der Waals surface area contributed by atoms with Crippen LogP contribution in [0.3, 0.4) is 0 Å². The Kier molecular flexibility index (Phi) is 5.76. The summed E-state index contributed by atoms with van der Waals surface area (Å²) in [6, 6.07) is 8.16. The number of aromatic nitrogens is 1. The molecule has 0 aliphatic rings. The van der Waals surface area contributed by atoms with Crippen molar-refractivity contribution in [1.29, 1.82) is 0 Å². The van der Waals surface area contributed by atoms with Crippen LogP contribution in [0.1, 0.15) is 47.5 Å². The number of hydrogen-bond donors (Lipinski definition) is 1. The smallest absolute Gasteiger partial charge is 0.122 e. The Morgan fingerprint density at radius 3 is 2.71 bits per heavy atom. The maximum absolute atomic E-state index is 6.04. The van der Waals surface area contributed by atoms with Crippen molar-refractivity contribution in [3.8, 4) is 5.75 Å². The fraction of sp³-hybridized carbons (Fsp3) is 0.471. The molecule has 1 aromatic heterocycles. The van der Waals surface area contributed by atoms with E-state index in [0.717, 1.165) is 30.0 Å². The fourth-order valence-corrected chi connectivity index (χ4v) is 3.31. The van der Waals surface area contributed by atoms with E-state index < -0.39 is 0 Å². The van der Waals surface area contributed by atoms with Gasteiger partial charge in [-0.25, -0.2) is 4.98 Å². The highest BCUT2D eigenvalue weighted by Gasteiger charge is 2.13. The van der Waals surface area contributed by atoms with Gasteiger partial charge in [-0.3, -0.25) is 0 Å². The van der Waals surface area contributed by atoms with Crippen LogP contribution in [0.4, 0.5) is 0 Å². The molecule has 0 spiro atoms. The van der Waals surface area contributed by atoms with E-state index in [1.807, 2.05) is 25.1 Å². The third kappa shape index (κ3) is 4.29. The molecule has 0 fully saturated rings. The van der Waals surface area contributed by atoms with Gasteiger partial charge in [0.05, 0.1) is 17.3 Å². The van der Waals surface area contributed by atoms with Crippen LogP contribution in [0.25, 0.3) is 0 Å². The highest BCUT2D eigenvalue weighted by atomic mass is 32.1. The molecule has 114 valence electrons. The number of aryl methyl sites for hydroxylation is 2. The summed E-state index contributed by atoms with van der Waals surface area (Å²) in [4.78, 5) is 5.96. The van der Waals surface area contributed by atoms with Crippen molar-refractivity contribution in [2.75, 3.05) is 6.61 Å². The number of ether oxygens (including phenoxy) is 1. The van der Waals surface area contributed by atoms with E-state index in [0.29, 0.717) is 6.61 Å². The van der Waals surface area contributed by atoms with E-state index in [2.05, 4.69) is 19.9 Å². The normalized spacial score (nSPS) is 12.4. The van der Waals surface area contributed by atoms with E-state index in [1.165, 1.54) is 16.1 Å². The molecule has 0 radical (unpaired) electrons. The molecule has 0 bridgehead atoms. The first kappa shape index (κ1) is 16.0. The number of nitrogens with zero attached hydrogens (tertiary/aromatic N) is 1. The van der Waals surface area contributed by atoms with E-state index in [-0.39, 0.29) is 6.04 Å². The van der Waals surface area contributed by atoms with Crippen molar-refractivity contribution in [1.82, 2.24) is 4.98 Å². The molecule has 3 nitrogen and oxygen atoms in total. The van der Waals surface area contributed by atoms with Gasteiger partial charge in [-0.05, 0) is 31.9 Å². The highest BCUT2D eigenvalue weighted by Crippen LogP contribution is 2.26. The quantitative estimate of drug-likeness (QED) is 0.839. The minimum absolute atomic E-state index is 0.0649. The zero-order valence-electron chi connectivity index (χ0n) is 13.1. The van der Waals surface area contributed by atoms with Gasteiger partial charge in [0.25, 0.3) is 0 Å². The fourth-order valence-electron chi connectivity index (χ4n) is 2.26. The minimum Gasteiger partial charge on any atom is -0.493 e. The van der Waals surface area contributed by atoms with Crippen molar-refractivity contribution < 1.29 is 4.74 Å². The van der Waals surface area contributed by atoms with Gasteiger partial charge in [-0.2, -0.15) is 0 Å². The van der Waals surface area contributed by atoms with Crippen LogP contribution in [-0.2, 0) is 12.8 Å².